The third-order valence-electron chi connectivity index (χ3n) is 4.20. The van der Waals surface area contributed by atoms with Crippen LogP contribution < -0.4 is 5.32 Å². The summed E-state index contributed by atoms with van der Waals surface area (Å²) in [6.07, 6.45) is 3.66. The molecule has 33 heavy (non-hydrogen) atoms. The first-order valence-corrected chi connectivity index (χ1v) is 13.3. The van der Waals surface area contributed by atoms with E-state index in [9.17, 15) is 38.5 Å². The Morgan fingerprint density at radius 1 is 1.27 bits per heavy atom. The summed E-state index contributed by atoms with van der Waals surface area (Å²) in [5.74, 6) is 0.447. The molecule has 2 aliphatic heterocycles. The standard InChI is InChI=1S/C13H18ClN2O14P3/c1-3-13(19)10(18)12(6-14,28-11(13)16-5-4-9(17)15-8(16)2)7-27-32(23,24)30-33(25,26)29-31(20,21)22/h1,4-5,10-11,18-19H,2,6-7H2,(H,15,17)(H,23,24)(H,25,26)(H2,20,21,22)/t10-,11-,12-,13-/m1/s1. The molecule has 2 unspecified atom stereocenters. The van der Waals surface area contributed by atoms with Crippen molar-refractivity contribution in [2.45, 2.75) is 23.5 Å². The summed E-state index contributed by atoms with van der Waals surface area (Å²) in [5, 5.41) is 23.8. The molecule has 20 heteroatoms. The number of aliphatic hydroxyl groups is 2. The maximum atomic E-state index is 12.0. The van der Waals surface area contributed by atoms with E-state index in [1.807, 2.05) is 5.92 Å². The van der Waals surface area contributed by atoms with Crippen molar-refractivity contribution in [2.24, 2.45) is 0 Å². The molecule has 16 nitrogen and oxygen atoms in total. The van der Waals surface area contributed by atoms with Crippen LogP contribution >= 0.6 is 35.1 Å². The predicted molar refractivity (Wildman–Crippen MR) is 106 cm³/mol. The largest absolute Gasteiger partial charge is 0.490 e. The van der Waals surface area contributed by atoms with Crippen molar-refractivity contribution in [3.05, 3.63) is 24.7 Å². The zero-order valence-corrected chi connectivity index (χ0v) is 19.6. The number of halogens is 1. The lowest BCUT2D eigenvalue weighted by Crippen LogP contribution is -2.56. The van der Waals surface area contributed by atoms with Gasteiger partial charge in [-0.25, -0.2) is 13.7 Å². The van der Waals surface area contributed by atoms with Gasteiger partial charge in [-0.05, 0) is 0 Å². The Balaban J connectivity index is 2.28. The molecule has 186 valence electrons. The Labute approximate surface area is 190 Å². The van der Waals surface area contributed by atoms with Crippen LogP contribution in [0.15, 0.2) is 24.7 Å². The normalized spacial score (nSPS) is 33.8. The second-order valence-electron chi connectivity index (χ2n) is 6.56. The zero-order chi connectivity index (χ0) is 25.5. The number of carbonyl (C=O) groups excluding carboxylic acids is 1. The minimum Gasteiger partial charge on any atom is -0.386 e. The minimum atomic E-state index is -5.81. The number of nitrogens with zero attached hydrogens (tertiary/aromatic N) is 1. The van der Waals surface area contributed by atoms with Gasteiger partial charge in [0.15, 0.2) is 11.8 Å². The molecule has 2 aliphatic rings. The highest BCUT2D eigenvalue weighted by Crippen LogP contribution is 2.66. The average molecular weight is 555 g/mol. The fraction of sp³-hybridized carbons (Fsp3) is 0.462. The summed E-state index contributed by atoms with van der Waals surface area (Å²) in [6.45, 7) is 2.33. The van der Waals surface area contributed by atoms with E-state index in [2.05, 4.69) is 25.0 Å². The van der Waals surface area contributed by atoms with Gasteiger partial charge in [-0.15, -0.1) is 18.0 Å². The summed E-state index contributed by atoms with van der Waals surface area (Å²) in [5.41, 5.74) is -4.82. The molecule has 2 rings (SSSR count). The first kappa shape index (κ1) is 28.1. The number of ether oxygens (including phenoxy) is 1. The topological polar surface area (TPSA) is 242 Å². The van der Waals surface area contributed by atoms with E-state index in [-0.39, 0.29) is 5.82 Å². The molecule has 0 bridgehead atoms. The molecule has 0 saturated carbocycles. The molecule has 0 aromatic heterocycles. The lowest BCUT2D eigenvalue weighted by atomic mass is 9.87. The molecule has 1 saturated heterocycles. The van der Waals surface area contributed by atoms with E-state index in [1.54, 1.807) is 0 Å². The van der Waals surface area contributed by atoms with E-state index < -0.39 is 65.4 Å². The van der Waals surface area contributed by atoms with E-state index in [4.69, 9.17) is 32.5 Å². The molecule has 2 heterocycles. The number of nitrogens with one attached hydrogen (secondary N) is 1. The number of terminal acetylenes is 1. The van der Waals surface area contributed by atoms with Crippen molar-refractivity contribution in [3.63, 3.8) is 0 Å². The number of phosphoric ester groups is 1. The van der Waals surface area contributed by atoms with E-state index in [1.165, 1.54) is 0 Å². The van der Waals surface area contributed by atoms with Crippen LogP contribution in [-0.4, -0.2) is 76.6 Å². The van der Waals surface area contributed by atoms with Crippen molar-refractivity contribution >= 4 is 41.0 Å². The molecule has 1 fully saturated rings. The molecule has 0 aromatic carbocycles. The van der Waals surface area contributed by atoms with Crippen LogP contribution in [0.2, 0.25) is 0 Å². The highest BCUT2D eigenvalue weighted by molar-refractivity contribution is 7.66. The quantitative estimate of drug-likeness (QED) is 0.101. The van der Waals surface area contributed by atoms with Crippen molar-refractivity contribution in [1.82, 2.24) is 10.2 Å². The Kier molecular flexibility index (Phi) is 8.10. The molecule has 0 aliphatic carbocycles. The van der Waals surface area contributed by atoms with Crippen LogP contribution in [0.1, 0.15) is 0 Å². The summed E-state index contributed by atoms with van der Waals surface area (Å²) in [6, 6.07) is 0. The maximum Gasteiger partial charge on any atom is 0.490 e. The number of phosphoric acid groups is 3. The Bertz CT molecular complexity index is 1040. The second kappa shape index (κ2) is 9.50. The second-order valence-corrected chi connectivity index (χ2v) is 11.3. The maximum absolute atomic E-state index is 12.0. The van der Waals surface area contributed by atoms with Gasteiger partial charge in [-0.3, -0.25) is 9.32 Å². The van der Waals surface area contributed by atoms with E-state index >= 15 is 0 Å². The number of hydrogen-bond acceptors (Lipinski definition) is 11. The van der Waals surface area contributed by atoms with Gasteiger partial charge in [0.1, 0.15) is 17.5 Å². The molecular formula is C13H18ClN2O14P3. The smallest absolute Gasteiger partial charge is 0.386 e. The van der Waals surface area contributed by atoms with E-state index in [0.717, 1.165) is 17.2 Å². The van der Waals surface area contributed by atoms with Crippen molar-refractivity contribution in [2.75, 3.05) is 12.5 Å². The van der Waals surface area contributed by atoms with Crippen LogP contribution in [0, 0.1) is 12.3 Å². The van der Waals surface area contributed by atoms with Gasteiger partial charge < -0.3 is 44.7 Å². The third-order valence-corrected chi connectivity index (χ3v) is 8.44. The van der Waals surface area contributed by atoms with Crippen LogP contribution in [0.3, 0.4) is 0 Å². The number of hydrogen-bond donors (Lipinski definition) is 7. The zero-order valence-electron chi connectivity index (χ0n) is 16.1. The van der Waals surface area contributed by atoms with Crippen molar-refractivity contribution in [1.29, 1.82) is 0 Å². The first-order valence-electron chi connectivity index (χ1n) is 8.27. The molecule has 0 spiro atoms. The Hall–Kier alpha value is -1.11. The Morgan fingerprint density at radius 3 is 2.36 bits per heavy atom. The van der Waals surface area contributed by atoms with E-state index in [0.29, 0.717) is 0 Å². The number of rotatable bonds is 9. The summed E-state index contributed by atoms with van der Waals surface area (Å²) < 4.78 is 51.4. The van der Waals surface area contributed by atoms with Crippen LogP contribution in [0.5, 0.6) is 0 Å². The molecule has 6 atom stereocenters. The number of carbonyl (C=O) groups is 1. The van der Waals surface area contributed by atoms with Crippen LogP contribution in [0.4, 0.5) is 0 Å². The van der Waals surface area contributed by atoms with Crippen molar-refractivity contribution in [3.8, 4) is 12.3 Å². The van der Waals surface area contributed by atoms with Gasteiger partial charge in [0.2, 0.25) is 0 Å². The lowest BCUT2D eigenvalue weighted by molar-refractivity contribution is -0.130. The first-order chi connectivity index (χ1) is 14.9. The summed E-state index contributed by atoms with van der Waals surface area (Å²) in [7, 11) is -17.0. The lowest BCUT2D eigenvalue weighted by Gasteiger charge is -2.36. The molecule has 1 amide bonds. The van der Waals surface area contributed by atoms with Gasteiger partial charge in [-0.1, -0.05) is 12.5 Å². The summed E-state index contributed by atoms with van der Waals surface area (Å²) >= 11 is 5.84. The minimum absolute atomic E-state index is 0.133. The van der Waals surface area contributed by atoms with Gasteiger partial charge in [0.05, 0.1) is 12.5 Å². The van der Waals surface area contributed by atoms with Crippen LogP contribution in [-0.2, 0) is 36.4 Å². The Morgan fingerprint density at radius 2 is 1.88 bits per heavy atom. The average Bonchev–Trinajstić information content (AvgIpc) is 2.86. The van der Waals surface area contributed by atoms with Crippen molar-refractivity contribution < 1.29 is 66.2 Å². The highest BCUT2D eigenvalue weighted by Gasteiger charge is 2.65. The highest BCUT2D eigenvalue weighted by atomic mass is 35.5. The predicted octanol–water partition coefficient (Wildman–Crippen LogP) is -1.19. The van der Waals surface area contributed by atoms with Gasteiger partial charge >= 0.3 is 23.5 Å². The molecular weight excluding hydrogens is 537 g/mol. The number of alkyl halides is 1. The van der Waals surface area contributed by atoms with Gasteiger partial charge in [0.25, 0.3) is 5.91 Å². The molecule has 0 radical (unpaired) electrons. The van der Waals surface area contributed by atoms with Crippen LogP contribution in [0.25, 0.3) is 0 Å². The molecule has 7 N–H and O–H groups in total. The van der Waals surface area contributed by atoms with Gasteiger partial charge in [0, 0.05) is 12.3 Å². The fourth-order valence-corrected chi connectivity index (χ4v) is 6.15. The SMILES string of the molecule is C#C[C@@]1(O)[C@H](O)[C@@](CCl)(COP(=O)(O)OP(=O)(O)OP(=O)(O)O)O[C@H]1N1C=CC(=O)NC1=C. The number of aliphatic hydroxyl groups excluding tert-OH is 1. The fourth-order valence-electron chi connectivity index (χ4n) is 2.79. The third kappa shape index (κ3) is 6.32. The summed E-state index contributed by atoms with van der Waals surface area (Å²) in [4.78, 5) is 48.4. The van der Waals surface area contributed by atoms with Gasteiger partial charge in [-0.2, -0.15) is 8.62 Å². The molecule has 0 aromatic rings. The monoisotopic (exact) mass is 554 g/mol. The number of amides is 1.